The van der Waals surface area contributed by atoms with E-state index in [0.717, 1.165) is 16.1 Å². The number of methoxy groups -OCH3 is 1. The van der Waals surface area contributed by atoms with Crippen molar-refractivity contribution in [1.82, 2.24) is 10.4 Å². The molecule has 0 bridgehead atoms. The molecule has 1 aromatic heterocycles. The molecule has 0 aliphatic heterocycles. The van der Waals surface area contributed by atoms with Gasteiger partial charge in [-0.05, 0) is 29.7 Å². The predicted octanol–water partition coefficient (Wildman–Crippen LogP) is 2.49. The van der Waals surface area contributed by atoms with Gasteiger partial charge >= 0.3 is 0 Å². The molecule has 3 N–H and O–H groups in total. The van der Waals surface area contributed by atoms with Crippen LogP contribution in [0.15, 0.2) is 42.7 Å². The summed E-state index contributed by atoms with van der Waals surface area (Å²) < 4.78 is 5.17. The van der Waals surface area contributed by atoms with Crippen molar-refractivity contribution in [3.63, 3.8) is 0 Å². The largest absolute Gasteiger partial charge is 0.495 e. The Bertz CT molecular complexity index is 548. The Kier molecular flexibility index (Phi) is 4.74. The lowest BCUT2D eigenvalue weighted by atomic mass is 10.0. The maximum Gasteiger partial charge on any atom is 0.137 e. The molecule has 0 amide bonds. The maximum absolute atomic E-state index is 6.16. The third-order valence-electron chi connectivity index (χ3n) is 2.96. The van der Waals surface area contributed by atoms with Gasteiger partial charge in [-0.1, -0.05) is 29.8 Å². The van der Waals surface area contributed by atoms with Gasteiger partial charge in [0.25, 0.3) is 0 Å². The molecule has 0 radical (unpaired) electrons. The molecule has 0 spiro atoms. The Balaban J connectivity index is 2.22. The van der Waals surface area contributed by atoms with Gasteiger partial charge in [0.05, 0.1) is 19.3 Å². The first-order chi connectivity index (χ1) is 9.24. The summed E-state index contributed by atoms with van der Waals surface area (Å²) in [5.41, 5.74) is 4.79. The van der Waals surface area contributed by atoms with E-state index in [1.165, 1.54) is 0 Å². The molecule has 0 saturated carbocycles. The number of pyridine rings is 1. The Morgan fingerprint density at radius 3 is 2.84 bits per heavy atom. The molecule has 19 heavy (non-hydrogen) atoms. The number of halogens is 1. The van der Waals surface area contributed by atoms with Crippen LogP contribution in [0.25, 0.3) is 0 Å². The molecule has 1 atom stereocenters. The molecule has 1 aromatic carbocycles. The molecule has 2 rings (SSSR count). The fourth-order valence-corrected chi connectivity index (χ4v) is 2.11. The summed E-state index contributed by atoms with van der Waals surface area (Å²) in [7, 11) is 1.61. The lowest BCUT2D eigenvalue weighted by molar-refractivity contribution is 0.410. The van der Waals surface area contributed by atoms with E-state index in [9.17, 15) is 0 Å². The Labute approximate surface area is 117 Å². The van der Waals surface area contributed by atoms with Crippen molar-refractivity contribution >= 4 is 11.6 Å². The van der Waals surface area contributed by atoms with Crippen LogP contribution in [0.3, 0.4) is 0 Å². The SMILES string of the molecule is COc1cncc(C(Cc2ccccc2Cl)NN)c1. The van der Waals surface area contributed by atoms with E-state index in [1.807, 2.05) is 30.3 Å². The number of rotatable bonds is 5. The van der Waals surface area contributed by atoms with E-state index in [4.69, 9.17) is 22.2 Å². The molecule has 0 aliphatic rings. The van der Waals surface area contributed by atoms with Crippen LogP contribution in [-0.2, 0) is 6.42 Å². The summed E-state index contributed by atoms with van der Waals surface area (Å²) in [5.74, 6) is 6.34. The number of aromatic nitrogens is 1. The highest BCUT2D eigenvalue weighted by atomic mass is 35.5. The molecule has 100 valence electrons. The highest BCUT2D eigenvalue weighted by molar-refractivity contribution is 6.31. The lowest BCUT2D eigenvalue weighted by Crippen LogP contribution is -2.29. The number of hydrogen-bond donors (Lipinski definition) is 2. The van der Waals surface area contributed by atoms with Crippen LogP contribution in [-0.4, -0.2) is 12.1 Å². The minimum Gasteiger partial charge on any atom is -0.495 e. The summed E-state index contributed by atoms with van der Waals surface area (Å²) in [6.07, 6.45) is 4.11. The quantitative estimate of drug-likeness (QED) is 0.651. The molecular formula is C14H16ClN3O. The summed E-state index contributed by atoms with van der Waals surface area (Å²) in [6, 6.07) is 9.56. The molecular weight excluding hydrogens is 262 g/mol. The average molecular weight is 278 g/mol. The smallest absolute Gasteiger partial charge is 0.137 e. The Morgan fingerprint density at radius 1 is 1.37 bits per heavy atom. The summed E-state index contributed by atoms with van der Waals surface area (Å²) in [6.45, 7) is 0. The van der Waals surface area contributed by atoms with Crippen molar-refractivity contribution in [2.75, 3.05) is 7.11 Å². The van der Waals surface area contributed by atoms with Gasteiger partial charge in [0.15, 0.2) is 0 Å². The van der Waals surface area contributed by atoms with Gasteiger partial charge < -0.3 is 4.74 Å². The molecule has 0 saturated heterocycles. The highest BCUT2D eigenvalue weighted by Crippen LogP contribution is 2.24. The van der Waals surface area contributed by atoms with Crippen molar-refractivity contribution in [3.05, 3.63) is 58.9 Å². The fourth-order valence-electron chi connectivity index (χ4n) is 1.89. The lowest BCUT2D eigenvalue weighted by Gasteiger charge is -2.17. The summed E-state index contributed by atoms with van der Waals surface area (Å²) >= 11 is 6.16. The number of hydrazine groups is 1. The van der Waals surface area contributed by atoms with Crippen molar-refractivity contribution in [3.8, 4) is 5.75 Å². The number of nitrogens with two attached hydrogens (primary N) is 1. The first-order valence-corrected chi connectivity index (χ1v) is 6.31. The number of nitrogens with one attached hydrogen (secondary N) is 1. The molecule has 4 nitrogen and oxygen atoms in total. The van der Waals surface area contributed by atoms with Crippen molar-refractivity contribution in [1.29, 1.82) is 0 Å². The molecule has 1 unspecified atom stereocenters. The van der Waals surface area contributed by atoms with Crippen molar-refractivity contribution in [2.24, 2.45) is 5.84 Å². The van der Waals surface area contributed by atoms with Gasteiger partial charge in [-0.15, -0.1) is 0 Å². The molecule has 1 heterocycles. The van der Waals surface area contributed by atoms with Crippen LogP contribution in [0.1, 0.15) is 17.2 Å². The second kappa shape index (κ2) is 6.52. The summed E-state index contributed by atoms with van der Waals surface area (Å²) in [4.78, 5) is 4.13. The monoisotopic (exact) mass is 277 g/mol. The van der Waals surface area contributed by atoms with Gasteiger partial charge in [0.2, 0.25) is 0 Å². The first kappa shape index (κ1) is 13.8. The topological polar surface area (TPSA) is 60.2 Å². The van der Waals surface area contributed by atoms with Crippen LogP contribution in [0.5, 0.6) is 5.75 Å². The van der Waals surface area contributed by atoms with Gasteiger partial charge in [0, 0.05) is 11.2 Å². The number of hydrogen-bond acceptors (Lipinski definition) is 4. The van der Waals surface area contributed by atoms with E-state index in [2.05, 4.69) is 10.4 Å². The maximum atomic E-state index is 6.16. The van der Waals surface area contributed by atoms with Crippen LogP contribution < -0.4 is 16.0 Å². The first-order valence-electron chi connectivity index (χ1n) is 5.93. The third-order valence-corrected chi connectivity index (χ3v) is 3.32. The van der Waals surface area contributed by atoms with E-state index >= 15 is 0 Å². The molecule has 0 fully saturated rings. The minimum absolute atomic E-state index is 0.0671. The van der Waals surface area contributed by atoms with Crippen molar-refractivity contribution in [2.45, 2.75) is 12.5 Å². The van der Waals surface area contributed by atoms with Crippen LogP contribution >= 0.6 is 11.6 Å². The number of ether oxygens (including phenoxy) is 1. The molecule has 2 aromatic rings. The van der Waals surface area contributed by atoms with Crippen LogP contribution in [0.4, 0.5) is 0 Å². The zero-order valence-electron chi connectivity index (χ0n) is 10.6. The third kappa shape index (κ3) is 3.44. The predicted molar refractivity (Wildman–Crippen MR) is 76.0 cm³/mol. The standard InChI is InChI=1S/C14H16ClN3O/c1-19-12-6-11(8-17-9-12)14(18-16)7-10-4-2-3-5-13(10)15/h2-6,8-9,14,18H,7,16H2,1H3. The van der Waals surface area contributed by atoms with Crippen LogP contribution in [0.2, 0.25) is 5.02 Å². The van der Waals surface area contributed by atoms with E-state index in [0.29, 0.717) is 12.2 Å². The number of benzene rings is 1. The highest BCUT2D eigenvalue weighted by Gasteiger charge is 2.13. The summed E-state index contributed by atoms with van der Waals surface area (Å²) in [5, 5.41) is 0.735. The Morgan fingerprint density at radius 2 is 2.16 bits per heavy atom. The van der Waals surface area contributed by atoms with Gasteiger partial charge in [0.1, 0.15) is 5.75 Å². The Hall–Kier alpha value is -1.62. The zero-order chi connectivity index (χ0) is 13.7. The van der Waals surface area contributed by atoms with Gasteiger partial charge in [-0.2, -0.15) is 0 Å². The van der Waals surface area contributed by atoms with Crippen molar-refractivity contribution < 1.29 is 4.74 Å². The second-order valence-corrected chi connectivity index (χ2v) is 4.58. The zero-order valence-corrected chi connectivity index (χ0v) is 11.4. The molecule has 0 aliphatic carbocycles. The van der Waals surface area contributed by atoms with E-state index in [-0.39, 0.29) is 6.04 Å². The number of nitrogens with zero attached hydrogens (tertiary/aromatic N) is 1. The minimum atomic E-state index is -0.0671. The average Bonchev–Trinajstić information content (AvgIpc) is 2.46. The van der Waals surface area contributed by atoms with Gasteiger partial charge in [-0.3, -0.25) is 16.3 Å². The van der Waals surface area contributed by atoms with E-state index in [1.54, 1.807) is 19.5 Å². The normalized spacial score (nSPS) is 12.2. The second-order valence-electron chi connectivity index (χ2n) is 4.17. The van der Waals surface area contributed by atoms with Gasteiger partial charge in [-0.25, -0.2) is 0 Å². The fraction of sp³-hybridized carbons (Fsp3) is 0.214. The molecule has 5 heteroatoms. The van der Waals surface area contributed by atoms with E-state index < -0.39 is 0 Å². The van der Waals surface area contributed by atoms with Crippen LogP contribution in [0, 0.1) is 0 Å².